The molecule has 30 heavy (non-hydrogen) atoms. The topological polar surface area (TPSA) is 32.3 Å². The van der Waals surface area contributed by atoms with Gasteiger partial charge in [-0.25, -0.2) is 0 Å². The van der Waals surface area contributed by atoms with Gasteiger partial charge in [0.25, 0.3) is 0 Å². The van der Waals surface area contributed by atoms with Gasteiger partial charge in [-0.2, -0.15) is 13.2 Å². The van der Waals surface area contributed by atoms with Gasteiger partial charge in [-0.15, -0.1) is 0 Å². The lowest BCUT2D eigenvalue weighted by atomic mass is 9.79. The van der Waals surface area contributed by atoms with Gasteiger partial charge in [-0.3, -0.25) is 4.79 Å². The maximum absolute atomic E-state index is 14.2. The molecule has 9 heteroatoms. The monoisotopic (exact) mass is 478 g/mol. The first-order valence-electron chi connectivity index (χ1n) is 9.28. The van der Waals surface area contributed by atoms with Crippen LogP contribution in [0.1, 0.15) is 37.4 Å². The van der Waals surface area contributed by atoms with E-state index in [2.05, 4.69) is 5.32 Å². The Morgan fingerprint density at radius 1 is 1.13 bits per heavy atom. The number of rotatable bonds is 4. The Hall–Kier alpha value is -1.63. The number of benzene rings is 2. The van der Waals surface area contributed by atoms with Gasteiger partial charge in [0.05, 0.1) is 6.04 Å². The minimum Gasteiger partial charge on any atom is -0.370 e. The van der Waals surface area contributed by atoms with Crippen LogP contribution >= 0.6 is 34.8 Å². The third kappa shape index (κ3) is 4.51. The highest BCUT2D eigenvalue weighted by Gasteiger charge is 2.59. The number of carbonyl (C=O) groups excluding carboxylic acids is 1. The second-order valence-electron chi connectivity index (χ2n) is 7.54. The molecular formula is C21H20Cl3F3N2O. The maximum Gasteiger partial charge on any atom is 0.400 e. The number of nitrogens with one attached hydrogen (secondary N) is 1. The van der Waals surface area contributed by atoms with Gasteiger partial charge < -0.3 is 10.2 Å². The van der Waals surface area contributed by atoms with Crippen LogP contribution in [-0.2, 0) is 10.2 Å². The number of halogens is 6. The lowest BCUT2D eigenvalue weighted by Gasteiger charge is -2.33. The largest absolute Gasteiger partial charge is 0.400 e. The summed E-state index contributed by atoms with van der Waals surface area (Å²) in [7, 11) is 0. The fourth-order valence-corrected chi connectivity index (χ4v) is 4.80. The van der Waals surface area contributed by atoms with Crippen molar-refractivity contribution in [3.63, 3.8) is 0 Å². The molecule has 0 spiro atoms. The summed E-state index contributed by atoms with van der Waals surface area (Å²) in [5, 5.41) is 3.45. The third-order valence-corrected chi connectivity index (χ3v) is 6.23. The zero-order valence-corrected chi connectivity index (χ0v) is 18.6. The first-order valence-corrected chi connectivity index (χ1v) is 10.4. The fourth-order valence-electron chi connectivity index (χ4n) is 3.94. The van der Waals surface area contributed by atoms with Crippen LogP contribution in [0, 0.1) is 0 Å². The van der Waals surface area contributed by atoms with Crippen LogP contribution in [-0.4, -0.2) is 25.2 Å². The van der Waals surface area contributed by atoms with Crippen LogP contribution in [0.2, 0.25) is 15.1 Å². The highest BCUT2D eigenvalue weighted by molar-refractivity contribution is 6.34. The Balaban J connectivity index is 1.93. The Labute approximate surface area is 188 Å². The molecule has 1 heterocycles. The van der Waals surface area contributed by atoms with Gasteiger partial charge in [-0.05, 0) is 54.8 Å². The second-order valence-corrected chi connectivity index (χ2v) is 8.82. The summed E-state index contributed by atoms with van der Waals surface area (Å²) in [6, 6.07) is 8.83. The van der Waals surface area contributed by atoms with E-state index in [0.717, 1.165) is 0 Å². The van der Waals surface area contributed by atoms with Crippen LogP contribution in [0.25, 0.3) is 0 Å². The first kappa shape index (κ1) is 23.0. The molecule has 0 saturated carbocycles. The van der Waals surface area contributed by atoms with Crippen molar-refractivity contribution in [1.82, 2.24) is 5.32 Å². The zero-order chi connectivity index (χ0) is 22.3. The SMILES string of the molecule is CC(=O)NC(C)c1ccc(N2CCC(c3cc(Cl)cc(Cl)c3)(C(F)(F)F)C2)cc1Cl. The molecule has 1 fully saturated rings. The predicted molar refractivity (Wildman–Crippen MR) is 115 cm³/mol. The van der Waals surface area contributed by atoms with Crippen LogP contribution in [0.3, 0.4) is 0 Å². The number of hydrogen-bond donors (Lipinski definition) is 1. The molecule has 162 valence electrons. The summed E-state index contributed by atoms with van der Waals surface area (Å²) in [6.45, 7) is 3.11. The molecule has 2 aromatic rings. The summed E-state index contributed by atoms with van der Waals surface area (Å²) in [5.74, 6) is -0.197. The lowest BCUT2D eigenvalue weighted by Crippen LogP contribution is -2.44. The lowest BCUT2D eigenvalue weighted by molar-refractivity contribution is -0.184. The number of alkyl halides is 3. The van der Waals surface area contributed by atoms with E-state index in [1.165, 1.54) is 25.1 Å². The van der Waals surface area contributed by atoms with E-state index < -0.39 is 11.6 Å². The molecule has 0 bridgehead atoms. The van der Waals surface area contributed by atoms with E-state index in [4.69, 9.17) is 34.8 Å². The second kappa shape index (κ2) is 8.48. The molecule has 2 aromatic carbocycles. The minimum absolute atomic E-state index is 0.0528. The van der Waals surface area contributed by atoms with Crippen molar-refractivity contribution in [3.8, 4) is 0 Å². The third-order valence-electron chi connectivity index (χ3n) is 5.46. The molecule has 3 rings (SSSR count). The molecule has 1 aliphatic heterocycles. The van der Waals surface area contributed by atoms with Crippen LogP contribution in [0.15, 0.2) is 36.4 Å². The van der Waals surface area contributed by atoms with E-state index in [0.29, 0.717) is 16.3 Å². The number of hydrogen-bond acceptors (Lipinski definition) is 2. The number of anilines is 1. The van der Waals surface area contributed by atoms with E-state index in [-0.39, 0.29) is 47.1 Å². The molecule has 1 aliphatic rings. The Bertz CT molecular complexity index is 947. The van der Waals surface area contributed by atoms with Crippen molar-refractivity contribution in [2.24, 2.45) is 0 Å². The molecule has 3 nitrogen and oxygen atoms in total. The summed E-state index contributed by atoms with van der Waals surface area (Å²) in [6.07, 6.45) is -4.62. The molecule has 2 atom stereocenters. The quantitative estimate of drug-likeness (QED) is 0.539. The predicted octanol–water partition coefficient (Wildman–Crippen LogP) is 6.55. The molecule has 1 N–H and O–H groups in total. The van der Waals surface area contributed by atoms with Gasteiger partial charge in [-0.1, -0.05) is 40.9 Å². The van der Waals surface area contributed by atoms with E-state index in [1.54, 1.807) is 30.0 Å². The number of amides is 1. The van der Waals surface area contributed by atoms with Gasteiger partial charge in [0.1, 0.15) is 5.41 Å². The first-order chi connectivity index (χ1) is 13.9. The Morgan fingerprint density at radius 3 is 2.30 bits per heavy atom. The summed E-state index contributed by atoms with van der Waals surface area (Å²) >= 11 is 18.3. The van der Waals surface area contributed by atoms with Crippen LogP contribution < -0.4 is 10.2 Å². The highest BCUT2D eigenvalue weighted by atomic mass is 35.5. The van der Waals surface area contributed by atoms with Gasteiger partial charge in [0.2, 0.25) is 5.91 Å². The van der Waals surface area contributed by atoms with E-state index in [9.17, 15) is 18.0 Å². The van der Waals surface area contributed by atoms with Crippen molar-refractivity contribution in [2.75, 3.05) is 18.0 Å². The van der Waals surface area contributed by atoms with Crippen molar-refractivity contribution >= 4 is 46.4 Å². The van der Waals surface area contributed by atoms with Crippen molar-refractivity contribution in [1.29, 1.82) is 0 Å². The van der Waals surface area contributed by atoms with Gasteiger partial charge >= 0.3 is 6.18 Å². The molecule has 2 unspecified atom stereocenters. The average Bonchev–Trinajstić information content (AvgIpc) is 3.06. The molecule has 1 saturated heterocycles. The van der Waals surface area contributed by atoms with E-state index >= 15 is 0 Å². The standard InChI is InChI=1S/C21H20Cl3F3N2O/c1-12(28-13(2)30)18-4-3-17(10-19(18)24)29-6-5-20(11-29,21(25,26)27)14-7-15(22)9-16(23)8-14/h3-4,7-10,12H,5-6,11H2,1-2H3,(H,28,30). The summed E-state index contributed by atoms with van der Waals surface area (Å²) in [5.41, 5.74) is -0.760. The Kier molecular flexibility index (Phi) is 6.51. The van der Waals surface area contributed by atoms with Crippen molar-refractivity contribution < 1.29 is 18.0 Å². The molecule has 0 aromatic heterocycles. The molecule has 1 amide bonds. The van der Waals surface area contributed by atoms with Crippen LogP contribution in [0.4, 0.5) is 18.9 Å². The molecule has 0 aliphatic carbocycles. The van der Waals surface area contributed by atoms with Crippen molar-refractivity contribution in [3.05, 3.63) is 62.6 Å². The summed E-state index contributed by atoms with van der Waals surface area (Å²) < 4.78 is 42.7. The van der Waals surface area contributed by atoms with Crippen LogP contribution in [0.5, 0.6) is 0 Å². The highest BCUT2D eigenvalue weighted by Crippen LogP contribution is 2.49. The maximum atomic E-state index is 14.2. The summed E-state index contributed by atoms with van der Waals surface area (Å²) in [4.78, 5) is 12.9. The minimum atomic E-state index is -4.49. The fraction of sp³-hybridized carbons (Fsp3) is 0.381. The van der Waals surface area contributed by atoms with Crippen molar-refractivity contribution in [2.45, 2.75) is 37.9 Å². The zero-order valence-electron chi connectivity index (χ0n) is 16.3. The van der Waals surface area contributed by atoms with Gasteiger partial charge in [0, 0.05) is 40.8 Å². The number of carbonyl (C=O) groups is 1. The van der Waals surface area contributed by atoms with Gasteiger partial charge in [0.15, 0.2) is 0 Å². The molecular weight excluding hydrogens is 460 g/mol. The number of nitrogens with zero attached hydrogens (tertiary/aromatic N) is 1. The smallest absolute Gasteiger partial charge is 0.370 e. The normalized spacial score (nSPS) is 20.3. The Morgan fingerprint density at radius 2 is 1.77 bits per heavy atom. The average molecular weight is 480 g/mol. The van der Waals surface area contributed by atoms with E-state index in [1.807, 2.05) is 0 Å². The molecule has 0 radical (unpaired) electrons.